The van der Waals surface area contributed by atoms with Gasteiger partial charge in [-0.15, -0.1) is 0 Å². The Morgan fingerprint density at radius 1 is 1.06 bits per heavy atom. The Kier molecular flexibility index (Phi) is 9.47. The summed E-state index contributed by atoms with van der Waals surface area (Å²) in [6.07, 6.45) is 1.34. The Hall–Kier alpha value is -3.14. The predicted molar refractivity (Wildman–Crippen MR) is 137 cm³/mol. The lowest BCUT2D eigenvalue weighted by Gasteiger charge is -2.14. The minimum absolute atomic E-state index is 0.167. The third-order valence-electron chi connectivity index (χ3n) is 4.39. The number of hydrogen-bond acceptors (Lipinski definition) is 5. The molecule has 0 atom stereocenters. The zero-order valence-corrected chi connectivity index (χ0v) is 21.4. The Bertz CT molecular complexity index is 1260. The number of ether oxygens (including phenoxy) is 2. The van der Waals surface area contributed by atoms with Crippen LogP contribution >= 0.6 is 39.1 Å². The first-order valence-electron chi connectivity index (χ1n) is 10.2. The van der Waals surface area contributed by atoms with Crippen molar-refractivity contribution in [1.82, 2.24) is 5.43 Å². The van der Waals surface area contributed by atoms with Crippen LogP contribution < -0.4 is 20.2 Å². The van der Waals surface area contributed by atoms with Gasteiger partial charge in [-0.25, -0.2) is 9.82 Å². The first-order chi connectivity index (χ1) is 16.8. The monoisotopic (exact) mass is 581 g/mol. The van der Waals surface area contributed by atoms with Crippen LogP contribution in [0.5, 0.6) is 11.5 Å². The van der Waals surface area contributed by atoms with Crippen molar-refractivity contribution >= 4 is 62.8 Å². The molecule has 2 amide bonds. The molecule has 0 bridgehead atoms. The lowest BCUT2D eigenvalue weighted by Crippen LogP contribution is -2.32. The molecule has 3 aromatic carbocycles. The molecule has 35 heavy (non-hydrogen) atoms. The van der Waals surface area contributed by atoms with E-state index in [0.717, 1.165) is 11.6 Å². The van der Waals surface area contributed by atoms with Crippen LogP contribution in [0.4, 0.5) is 10.1 Å². The van der Waals surface area contributed by atoms with E-state index in [2.05, 4.69) is 31.8 Å². The van der Waals surface area contributed by atoms with E-state index >= 15 is 0 Å². The maximum absolute atomic E-state index is 13.2. The van der Waals surface area contributed by atoms with Crippen molar-refractivity contribution in [3.8, 4) is 11.5 Å². The van der Waals surface area contributed by atoms with Crippen molar-refractivity contribution in [2.45, 2.75) is 13.5 Å². The van der Waals surface area contributed by atoms with Crippen molar-refractivity contribution in [3.05, 3.63) is 86.1 Å². The zero-order chi connectivity index (χ0) is 25.4. The standard InChI is InChI=1S/C24H19BrCl2FN3O4/c1-2-34-21-10-15(9-18(25)22(21)35-13-14-3-5-16(26)6-4-14)12-29-31-24(33)23(32)30-17-7-8-20(28)19(27)11-17/h3-12H,2,13H2,1H3,(H,30,32)(H,31,33). The van der Waals surface area contributed by atoms with Crippen LogP contribution in [0.2, 0.25) is 10.0 Å². The number of rotatable bonds is 8. The summed E-state index contributed by atoms with van der Waals surface area (Å²) in [6.45, 7) is 2.53. The van der Waals surface area contributed by atoms with Gasteiger partial charge in [-0.05, 0) is 76.4 Å². The van der Waals surface area contributed by atoms with Gasteiger partial charge in [-0.1, -0.05) is 35.3 Å². The van der Waals surface area contributed by atoms with Gasteiger partial charge in [0.1, 0.15) is 12.4 Å². The third kappa shape index (κ3) is 7.68. The molecule has 2 N–H and O–H groups in total. The molecule has 3 rings (SSSR count). The summed E-state index contributed by atoms with van der Waals surface area (Å²) >= 11 is 15.1. The summed E-state index contributed by atoms with van der Waals surface area (Å²) in [5, 5.41) is 6.57. The SMILES string of the molecule is CCOc1cc(C=NNC(=O)C(=O)Nc2ccc(F)c(Cl)c2)cc(Br)c1OCc1ccc(Cl)cc1. The first kappa shape index (κ1) is 26.5. The number of carbonyl (C=O) groups excluding carboxylic acids is 2. The highest BCUT2D eigenvalue weighted by Crippen LogP contribution is 2.37. The number of halogens is 4. The van der Waals surface area contributed by atoms with E-state index in [-0.39, 0.29) is 10.7 Å². The van der Waals surface area contributed by atoms with Gasteiger partial charge in [0.2, 0.25) is 0 Å². The van der Waals surface area contributed by atoms with Crippen molar-refractivity contribution in [2.75, 3.05) is 11.9 Å². The molecule has 0 aliphatic carbocycles. The van der Waals surface area contributed by atoms with Crippen molar-refractivity contribution in [2.24, 2.45) is 5.10 Å². The molecule has 0 saturated heterocycles. The molecule has 3 aromatic rings. The number of amides is 2. The average Bonchev–Trinajstić information content (AvgIpc) is 2.82. The number of hydrogen-bond donors (Lipinski definition) is 2. The van der Waals surface area contributed by atoms with E-state index in [1.165, 1.54) is 18.3 Å². The van der Waals surface area contributed by atoms with Crippen LogP contribution in [-0.2, 0) is 16.2 Å². The number of anilines is 1. The van der Waals surface area contributed by atoms with Crippen molar-refractivity contribution < 1.29 is 23.5 Å². The molecule has 0 fully saturated rings. The van der Waals surface area contributed by atoms with Gasteiger partial charge in [0.25, 0.3) is 0 Å². The lowest BCUT2D eigenvalue weighted by atomic mass is 10.2. The average molecular weight is 583 g/mol. The number of hydrazone groups is 1. The summed E-state index contributed by atoms with van der Waals surface area (Å²) in [6, 6.07) is 14.2. The van der Waals surface area contributed by atoms with Gasteiger partial charge in [0, 0.05) is 10.7 Å². The normalized spacial score (nSPS) is 10.8. The van der Waals surface area contributed by atoms with Crippen LogP contribution in [0, 0.1) is 5.82 Å². The predicted octanol–water partition coefficient (Wildman–Crippen LogP) is 5.96. The molecule has 11 heteroatoms. The molecule has 0 saturated carbocycles. The minimum atomic E-state index is -1.02. The first-order valence-corrected chi connectivity index (χ1v) is 11.7. The summed E-state index contributed by atoms with van der Waals surface area (Å²) < 4.78 is 25.4. The second kappa shape index (κ2) is 12.5. The lowest BCUT2D eigenvalue weighted by molar-refractivity contribution is -0.136. The van der Waals surface area contributed by atoms with E-state index in [0.29, 0.717) is 39.8 Å². The highest BCUT2D eigenvalue weighted by atomic mass is 79.9. The molecular formula is C24H19BrCl2FN3O4. The molecule has 0 spiro atoms. The topological polar surface area (TPSA) is 89.0 Å². The van der Waals surface area contributed by atoms with Crippen LogP contribution in [-0.4, -0.2) is 24.6 Å². The quantitative estimate of drug-likeness (QED) is 0.195. The van der Waals surface area contributed by atoms with Crippen LogP contribution in [0.1, 0.15) is 18.1 Å². The van der Waals surface area contributed by atoms with Crippen LogP contribution in [0.3, 0.4) is 0 Å². The van der Waals surface area contributed by atoms with Gasteiger partial charge in [-0.3, -0.25) is 9.59 Å². The fraction of sp³-hybridized carbons (Fsp3) is 0.125. The van der Waals surface area contributed by atoms with E-state index in [1.807, 2.05) is 19.1 Å². The van der Waals surface area contributed by atoms with Crippen molar-refractivity contribution in [3.63, 3.8) is 0 Å². The van der Waals surface area contributed by atoms with E-state index in [1.54, 1.807) is 24.3 Å². The molecule has 0 aromatic heterocycles. The molecule has 0 heterocycles. The number of nitrogens with one attached hydrogen (secondary N) is 2. The Balaban J connectivity index is 1.64. The molecular weight excluding hydrogens is 564 g/mol. The largest absolute Gasteiger partial charge is 0.490 e. The zero-order valence-electron chi connectivity index (χ0n) is 18.3. The van der Waals surface area contributed by atoms with Crippen molar-refractivity contribution in [1.29, 1.82) is 0 Å². The fourth-order valence-electron chi connectivity index (χ4n) is 2.78. The second-order valence-electron chi connectivity index (χ2n) is 6.96. The van der Waals surface area contributed by atoms with Crippen LogP contribution in [0.25, 0.3) is 0 Å². The molecule has 0 aliphatic heterocycles. The molecule has 7 nitrogen and oxygen atoms in total. The minimum Gasteiger partial charge on any atom is -0.490 e. The fourth-order valence-corrected chi connectivity index (χ4v) is 3.66. The van der Waals surface area contributed by atoms with E-state index < -0.39 is 17.6 Å². The molecule has 182 valence electrons. The maximum atomic E-state index is 13.2. The molecule has 0 unspecified atom stereocenters. The highest BCUT2D eigenvalue weighted by Gasteiger charge is 2.15. The van der Waals surface area contributed by atoms with E-state index in [4.69, 9.17) is 32.7 Å². The summed E-state index contributed by atoms with van der Waals surface area (Å²) in [4.78, 5) is 24.0. The van der Waals surface area contributed by atoms with Gasteiger partial charge in [-0.2, -0.15) is 5.10 Å². The summed E-state index contributed by atoms with van der Waals surface area (Å²) in [7, 11) is 0. The maximum Gasteiger partial charge on any atom is 0.329 e. The number of nitrogens with zero attached hydrogens (tertiary/aromatic N) is 1. The smallest absolute Gasteiger partial charge is 0.329 e. The number of carbonyl (C=O) groups is 2. The number of benzene rings is 3. The van der Waals surface area contributed by atoms with E-state index in [9.17, 15) is 14.0 Å². The molecule has 0 aliphatic rings. The van der Waals surface area contributed by atoms with Gasteiger partial charge < -0.3 is 14.8 Å². The second-order valence-corrected chi connectivity index (χ2v) is 8.66. The van der Waals surface area contributed by atoms with Gasteiger partial charge >= 0.3 is 11.8 Å². The Morgan fingerprint density at radius 2 is 1.80 bits per heavy atom. The van der Waals surface area contributed by atoms with Crippen LogP contribution in [0.15, 0.2) is 64.2 Å². The summed E-state index contributed by atoms with van der Waals surface area (Å²) in [5.74, 6) is -1.69. The van der Waals surface area contributed by atoms with Gasteiger partial charge in [0.15, 0.2) is 11.5 Å². The molecule has 0 radical (unpaired) electrons. The highest BCUT2D eigenvalue weighted by molar-refractivity contribution is 9.10. The summed E-state index contributed by atoms with van der Waals surface area (Å²) in [5.41, 5.74) is 3.80. The Morgan fingerprint density at radius 3 is 2.49 bits per heavy atom. The third-order valence-corrected chi connectivity index (χ3v) is 5.52. The van der Waals surface area contributed by atoms with Gasteiger partial charge in [0.05, 0.1) is 22.3 Å². The Labute approximate surface area is 219 Å².